The number of hydrogen-bond acceptors (Lipinski definition) is 5. The minimum atomic E-state index is -3.40. The molecule has 0 bridgehead atoms. The van der Waals surface area contributed by atoms with Gasteiger partial charge in [0.15, 0.2) is 0 Å². The molecule has 32 heavy (non-hydrogen) atoms. The number of aryl methyl sites for hydroxylation is 1. The van der Waals surface area contributed by atoms with Crippen molar-refractivity contribution < 1.29 is 22.7 Å². The summed E-state index contributed by atoms with van der Waals surface area (Å²) in [6.07, 6.45) is 1.04. The van der Waals surface area contributed by atoms with Gasteiger partial charge in [0.1, 0.15) is 18.1 Å². The second kappa shape index (κ2) is 10.8. The first-order valence-corrected chi connectivity index (χ1v) is 12.5. The summed E-state index contributed by atoms with van der Waals surface area (Å²) in [5.74, 6) is 1.22. The van der Waals surface area contributed by atoms with E-state index in [1.165, 1.54) is 4.31 Å². The first kappa shape index (κ1) is 24.1. The van der Waals surface area contributed by atoms with Crippen LogP contribution in [0.25, 0.3) is 0 Å². The van der Waals surface area contributed by atoms with Crippen LogP contribution >= 0.6 is 0 Å². The second-order valence-electron chi connectivity index (χ2n) is 8.25. The minimum Gasteiger partial charge on any atom is -0.497 e. The van der Waals surface area contributed by atoms with E-state index in [2.05, 4.69) is 5.32 Å². The highest BCUT2D eigenvalue weighted by Gasteiger charge is 2.31. The van der Waals surface area contributed by atoms with Crippen LogP contribution in [-0.2, 0) is 20.6 Å². The lowest BCUT2D eigenvalue weighted by Crippen LogP contribution is -2.46. The van der Waals surface area contributed by atoms with Crippen LogP contribution in [0.5, 0.6) is 11.5 Å². The van der Waals surface area contributed by atoms with Crippen LogP contribution in [0.3, 0.4) is 0 Å². The van der Waals surface area contributed by atoms with Gasteiger partial charge in [-0.15, -0.1) is 0 Å². The third-order valence-corrected chi connectivity index (χ3v) is 7.59. The summed E-state index contributed by atoms with van der Waals surface area (Å²) in [6, 6.07) is 14.6. The number of hydrogen-bond donors (Lipinski definition) is 1. The maximum absolute atomic E-state index is 12.8. The molecule has 1 fully saturated rings. The Hall–Kier alpha value is -2.58. The number of ether oxygens (including phenoxy) is 2. The van der Waals surface area contributed by atoms with E-state index in [9.17, 15) is 13.2 Å². The summed E-state index contributed by atoms with van der Waals surface area (Å²) < 4.78 is 38.0. The number of methoxy groups -OCH3 is 1. The van der Waals surface area contributed by atoms with Gasteiger partial charge in [0.25, 0.3) is 0 Å². The highest BCUT2D eigenvalue weighted by molar-refractivity contribution is 7.88. The van der Waals surface area contributed by atoms with Crippen LogP contribution in [0.15, 0.2) is 48.5 Å². The van der Waals surface area contributed by atoms with Crippen molar-refractivity contribution in [2.45, 2.75) is 38.5 Å². The van der Waals surface area contributed by atoms with Crippen molar-refractivity contribution >= 4 is 15.9 Å². The van der Waals surface area contributed by atoms with Gasteiger partial charge in [0.2, 0.25) is 15.9 Å². The standard InChI is InChI=1S/C24H32N2O5S/c1-18-6-4-5-7-21(18)17-32(28,29)26-14-12-20(13-15-26)24(27)25-19(2)16-31-23-10-8-22(30-3)9-11-23/h4-11,19-20H,12-17H2,1-3H3,(H,25,27)/t19-/m0/s1. The molecular weight excluding hydrogens is 428 g/mol. The maximum atomic E-state index is 12.8. The van der Waals surface area contributed by atoms with Gasteiger partial charge in [-0.3, -0.25) is 4.79 Å². The smallest absolute Gasteiger partial charge is 0.223 e. The summed E-state index contributed by atoms with van der Waals surface area (Å²) in [5, 5.41) is 2.99. The fraction of sp³-hybridized carbons (Fsp3) is 0.458. The third-order valence-electron chi connectivity index (χ3n) is 5.77. The summed E-state index contributed by atoms with van der Waals surface area (Å²) in [7, 11) is -1.79. The normalized spacial score (nSPS) is 16.3. The number of carbonyl (C=O) groups is 1. The molecule has 1 aliphatic heterocycles. The first-order valence-electron chi connectivity index (χ1n) is 10.9. The highest BCUT2D eigenvalue weighted by atomic mass is 32.2. The van der Waals surface area contributed by atoms with E-state index < -0.39 is 10.0 Å². The molecule has 2 aromatic rings. The molecule has 0 aromatic heterocycles. The number of nitrogens with zero attached hydrogens (tertiary/aromatic N) is 1. The van der Waals surface area contributed by atoms with Crippen molar-refractivity contribution in [2.24, 2.45) is 5.92 Å². The lowest BCUT2D eigenvalue weighted by atomic mass is 9.97. The molecule has 2 aromatic carbocycles. The first-order chi connectivity index (χ1) is 15.3. The van der Waals surface area contributed by atoms with E-state index >= 15 is 0 Å². The van der Waals surface area contributed by atoms with Gasteiger partial charge in [-0.25, -0.2) is 12.7 Å². The molecule has 1 amide bonds. The zero-order valence-electron chi connectivity index (χ0n) is 18.9. The summed E-state index contributed by atoms with van der Waals surface area (Å²) in [4.78, 5) is 12.6. The van der Waals surface area contributed by atoms with Crippen LogP contribution in [0.1, 0.15) is 30.9 Å². The Morgan fingerprint density at radius 3 is 2.34 bits per heavy atom. The number of benzene rings is 2. The van der Waals surface area contributed by atoms with Crippen molar-refractivity contribution in [3.8, 4) is 11.5 Å². The number of rotatable bonds is 9. The molecule has 0 radical (unpaired) electrons. The van der Waals surface area contributed by atoms with Gasteiger partial charge in [-0.2, -0.15) is 0 Å². The Morgan fingerprint density at radius 2 is 1.72 bits per heavy atom. The van der Waals surface area contributed by atoms with Gasteiger partial charge < -0.3 is 14.8 Å². The predicted molar refractivity (Wildman–Crippen MR) is 124 cm³/mol. The second-order valence-corrected chi connectivity index (χ2v) is 10.2. The van der Waals surface area contributed by atoms with Gasteiger partial charge in [-0.05, 0) is 62.1 Å². The van der Waals surface area contributed by atoms with Crippen molar-refractivity contribution in [3.05, 3.63) is 59.7 Å². The van der Waals surface area contributed by atoms with Crippen LogP contribution in [-0.4, -0.2) is 51.5 Å². The van der Waals surface area contributed by atoms with Crippen molar-refractivity contribution in [3.63, 3.8) is 0 Å². The van der Waals surface area contributed by atoms with E-state index in [1.807, 2.05) is 62.4 Å². The molecule has 7 nitrogen and oxygen atoms in total. The Bertz CT molecular complexity index is 999. The van der Waals surface area contributed by atoms with Crippen molar-refractivity contribution in [2.75, 3.05) is 26.8 Å². The molecule has 1 aliphatic rings. The number of amides is 1. The molecule has 3 rings (SSSR count). The Labute approximate surface area is 190 Å². The van der Waals surface area contributed by atoms with Crippen LogP contribution in [0.4, 0.5) is 0 Å². The maximum Gasteiger partial charge on any atom is 0.223 e. The van der Waals surface area contributed by atoms with E-state index in [4.69, 9.17) is 9.47 Å². The lowest BCUT2D eigenvalue weighted by Gasteiger charge is -2.31. The summed E-state index contributed by atoms with van der Waals surface area (Å²) >= 11 is 0. The van der Waals surface area contributed by atoms with Crippen LogP contribution in [0, 0.1) is 12.8 Å². The average Bonchev–Trinajstić information content (AvgIpc) is 2.79. The topological polar surface area (TPSA) is 84.9 Å². The molecule has 0 unspecified atom stereocenters. The largest absolute Gasteiger partial charge is 0.497 e. The fourth-order valence-corrected chi connectivity index (χ4v) is 5.42. The molecule has 1 N–H and O–H groups in total. The highest BCUT2D eigenvalue weighted by Crippen LogP contribution is 2.23. The van der Waals surface area contributed by atoms with Crippen molar-refractivity contribution in [1.82, 2.24) is 9.62 Å². The lowest BCUT2D eigenvalue weighted by molar-refractivity contribution is -0.126. The monoisotopic (exact) mass is 460 g/mol. The SMILES string of the molecule is COc1ccc(OC[C@H](C)NC(=O)C2CCN(S(=O)(=O)Cc3ccccc3C)CC2)cc1. The number of piperidine rings is 1. The van der Waals surface area contributed by atoms with Gasteiger partial charge in [-0.1, -0.05) is 24.3 Å². The van der Waals surface area contributed by atoms with Gasteiger partial charge >= 0.3 is 0 Å². The Balaban J connectivity index is 1.44. The summed E-state index contributed by atoms with van der Waals surface area (Å²) in [5.41, 5.74) is 1.79. The predicted octanol–water partition coefficient (Wildman–Crippen LogP) is 3.13. The van der Waals surface area contributed by atoms with Crippen LogP contribution in [0.2, 0.25) is 0 Å². The third kappa shape index (κ3) is 6.46. The minimum absolute atomic E-state index is 0.00370. The molecular formula is C24H32N2O5S. The molecule has 1 saturated heterocycles. The number of carbonyl (C=O) groups excluding carboxylic acids is 1. The molecule has 0 spiro atoms. The van der Waals surface area contributed by atoms with E-state index in [0.29, 0.717) is 38.3 Å². The van der Waals surface area contributed by atoms with E-state index in [0.717, 1.165) is 16.9 Å². The van der Waals surface area contributed by atoms with Crippen LogP contribution < -0.4 is 14.8 Å². The zero-order chi connectivity index (χ0) is 23.1. The summed E-state index contributed by atoms with van der Waals surface area (Å²) in [6.45, 7) is 4.89. The molecule has 8 heteroatoms. The molecule has 1 heterocycles. The van der Waals surface area contributed by atoms with Gasteiger partial charge in [0.05, 0.1) is 18.9 Å². The Morgan fingerprint density at radius 1 is 1.09 bits per heavy atom. The molecule has 0 aliphatic carbocycles. The van der Waals surface area contributed by atoms with Gasteiger partial charge in [0, 0.05) is 19.0 Å². The Kier molecular flexibility index (Phi) is 8.15. The zero-order valence-corrected chi connectivity index (χ0v) is 19.7. The number of nitrogens with one attached hydrogen (secondary N) is 1. The average molecular weight is 461 g/mol. The molecule has 174 valence electrons. The number of sulfonamides is 1. The van der Waals surface area contributed by atoms with Crippen molar-refractivity contribution in [1.29, 1.82) is 0 Å². The van der Waals surface area contributed by atoms with E-state index in [-0.39, 0.29) is 23.6 Å². The molecule has 0 saturated carbocycles. The fourth-order valence-electron chi connectivity index (χ4n) is 3.75. The molecule has 1 atom stereocenters. The quantitative estimate of drug-likeness (QED) is 0.622. The van der Waals surface area contributed by atoms with E-state index in [1.54, 1.807) is 7.11 Å².